The molecular weight excluding hydrogens is 382 g/mol. The van der Waals surface area contributed by atoms with Gasteiger partial charge >= 0.3 is 0 Å². The monoisotopic (exact) mass is 411 g/mol. The van der Waals surface area contributed by atoms with Crippen molar-refractivity contribution in [1.82, 2.24) is 25.0 Å². The summed E-state index contributed by atoms with van der Waals surface area (Å²) in [5.74, 6) is 1.02. The normalized spacial score (nSPS) is 23.6. The van der Waals surface area contributed by atoms with Gasteiger partial charge in [-0.2, -0.15) is 5.10 Å². The van der Waals surface area contributed by atoms with E-state index in [1.165, 1.54) is 6.33 Å². The number of hydrogen-bond acceptors (Lipinski definition) is 5. The molecule has 0 saturated carbocycles. The highest BCUT2D eigenvalue weighted by Gasteiger charge is 2.43. The number of aromatic nitrogens is 3. The van der Waals surface area contributed by atoms with Crippen LogP contribution in [0.15, 0.2) is 36.9 Å². The van der Waals surface area contributed by atoms with Gasteiger partial charge in [-0.15, -0.1) is 0 Å². The van der Waals surface area contributed by atoms with E-state index in [-0.39, 0.29) is 17.9 Å². The van der Waals surface area contributed by atoms with Crippen molar-refractivity contribution in [3.63, 3.8) is 0 Å². The molecule has 30 heavy (non-hydrogen) atoms. The van der Waals surface area contributed by atoms with Crippen LogP contribution in [0.3, 0.4) is 0 Å². The lowest BCUT2D eigenvalue weighted by atomic mass is 9.82. The summed E-state index contributed by atoms with van der Waals surface area (Å²) in [6, 6.07) is 7.79. The van der Waals surface area contributed by atoms with Crippen LogP contribution in [0.5, 0.6) is 5.75 Å². The van der Waals surface area contributed by atoms with Gasteiger partial charge in [-0.1, -0.05) is 18.2 Å². The Morgan fingerprint density at radius 1 is 1.33 bits per heavy atom. The van der Waals surface area contributed by atoms with Crippen molar-refractivity contribution in [2.45, 2.75) is 63.6 Å². The summed E-state index contributed by atoms with van der Waals surface area (Å²) in [6.07, 6.45) is 6.89. The fraction of sp³-hybridized carbons (Fsp3) is 0.545. The number of rotatable bonds is 6. The zero-order valence-electron chi connectivity index (χ0n) is 17.4. The van der Waals surface area contributed by atoms with Gasteiger partial charge in [0.05, 0.1) is 6.04 Å². The molecule has 1 fully saturated rings. The Labute approximate surface area is 176 Å². The number of carbonyl (C=O) groups is 2. The summed E-state index contributed by atoms with van der Waals surface area (Å²) in [7, 11) is 0. The molecule has 4 rings (SSSR count). The number of aryl methyl sites for hydroxylation is 1. The van der Waals surface area contributed by atoms with Crippen LogP contribution in [0.1, 0.15) is 57.1 Å². The summed E-state index contributed by atoms with van der Waals surface area (Å²) in [5, 5.41) is 7.29. The fourth-order valence-electron chi connectivity index (χ4n) is 4.49. The van der Waals surface area contributed by atoms with E-state index in [1.807, 2.05) is 36.1 Å². The first-order valence-electron chi connectivity index (χ1n) is 10.8. The average Bonchev–Trinajstić information content (AvgIpc) is 3.21. The Bertz CT molecular complexity index is 885. The minimum Gasteiger partial charge on any atom is -0.487 e. The number of benzene rings is 1. The van der Waals surface area contributed by atoms with Crippen LogP contribution >= 0.6 is 0 Å². The van der Waals surface area contributed by atoms with Crippen LogP contribution in [-0.4, -0.2) is 50.2 Å². The van der Waals surface area contributed by atoms with Crippen LogP contribution < -0.4 is 10.1 Å². The largest absolute Gasteiger partial charge is 0.487 e. The standard InChI is InChI=1S/C22H29N5O3/c1-2-26-13-11-22(10-9-21(26)29)14-18(17-6-3-4-7-19(17)30-22)25-20(28)8-5-12-27-16-23-15-24-27/h3-4,6-7,15-16,18H,2,5,8-14H2,1H3,(H,25,28). The van der Waals surface area contributed by atoms with E-state index in [0.29, 0.717) is 45.2 Å². The fourth-order valence-corrected chi connectivity index (χ4v) is 4.49. The molecule has 2 unspecified atom stereocenters. The Hall–Kier alpha value is -2.90. The van der Waals surface area contributed by atoms with E-state index in [2.05, 4.69) is 15.4 Å². The quantitative estimate of drug-likeness (QED) is 0.789. The van der Waals surface area contributed by atoms with Crippen LogP contribution in [-0.2, 0) is 16.1 Å². The van der Waals surface area contributed by atoms with Gasteiger partial charge in [0.25, 0.3) is 0 Å². The maximum atomic E-state index is 12.7. The van der Waals surface area contributed by atoms with E-state index in [4.69, 9.17) is 4.74 Å². The van der Waals surface area contributed by atoms with Gasteiger partial charge in [-0.05, 0) is 25.8 Å². The lowest BCUT2D eigenvalue weighted by molar-refractivity contribution is -0.130. The van der Waals surface area contributed by atoms with Gasteiger partial charge in [0.15, 0.2) is 0 Å². The predicted octanol–water partition coefficient (Wildman–Crippen LogP) is 2.47. The smallest absolute Gasteiger partial charge is 0.222 e. The van der Waals surface area contributed by atoms with Gasteiger partial charge in [-0.3, -0.25) is 14.3 Å². The molecule has 0 aliphatic carbocycles. The van der Waals surface area contributed by atoms with Crippen molar-refractivity contribution in [2.24, 2.45) is 0 Å². The number of ether oxygens (including phenoxy) is 1. The molecule has 1 saturated heterocycles. The van der Waals surface area contributed by atoms with Gasteiger partial charge < -0.3 is 15.0 Å². The predicted molar refractivity (Wildman–Crippen MR) is 111 cm³/mol. The zero-order chi connectivity index (χ0) is 21.0. The highest BCUT2D eigenvalue weighted by atomic mass is 16.5. The zero-order valence-corrected chi connectivity index (χ0v) is 17.4. The number of nitrogens with zero attached hydrogens (tertiary/aromatic N) is 4. The molecule has 1 spiro atoms. The summed E-state index contributed by atoms with van der Waals surface area (Å²) in [6.45, 7) is 4.08. The van der Waals surface area contributed by atoms with Crippen molar-refractivity contribution in [1.29, 1.82) is 0 Å². The summed E-state index contributed by atoms with van der Waals surface area (Å²) in [5.41, 5.74) is 0.586. The van der Waals surface area contributed by atoms with Crippen molar-refractivity contribution in [2.75, 3.05) is 13.1 Å². The SMILES string of the molecule is CCN1CCC2(CCC1=O)CC(NC(=O)CCCn1cncn1)c1ccccc1O2. The summed E-state index contributed by atoms with van der Waals surface area (Å²) < 4.78 is 8.20. The number of hydrogen-bond donors (Lipinski definition) is 1. The Balaban J connectivity index is 1.45. The topological polar surface area (TPSA) is 89.4 Å². The first-order valence-corrected chi connectivity index (χ1v) is 10.8. The molecule has 0 bridgehead atoms. The molecule has 2 amide bonds. The molecule has 160 valence electrons. The van der Waals surface area contributed by atoms with Crippen molar-refractivity contribution < 1.29 is 14.3 Å². The molecule has 1 N–H and O–H groups in total. The summed E-state index contributed by atoms with van der Waals surface area (Å²) >= 11 is 0. The average molecular weight is 412 g/mol. The highest BCUT2D eigenvalue weighted by molar-refractivity contribution is 5.77. The molecule has 3 heterocycles. The Kier molecular flexibility index (Phi) is 6.01. The molecular formula is C22H29N5O3. The molecule has 1 aromatic heterocycles. The lowest BCUT2D eigenvalue weighted by Crippen LogP contribution is -2.46. The van der Waals surface area contributed by atoms with Gasteiger partial charge in [0.2, 0.25) is 11.8 Å². The maximum Gasteiger partial charge on any atom is 0.222 e. The van der Waals surface area contributed by atoms with Crippen LogP contribution in [0, 0.1) is 0 Å². The molecule has 2 atom stereocenters. The number of para-hydroxylation sites is 1. The van der Waals surface area contributed by atoms with Crippen LogP contribution in [0.25, 0.3) is 0 Å². The third-order valence-corrected chi connectivity index (χ3v) is 6.16. The molecule has 0 radical (unpaired) electrons. The van der Waals surface area contributed by atoms with Crippen LogP contribution in [0.2, 0.25) is 0 Å². The lowest BCUT2D eigenvalue weighted by Gasteiger charge is -2.42. The second kappa shape index (κ2) is 8.85. The third-order valence-electron chi connectivity index (χ3n) is 6.16. The van der Waals surface area contributed by atoms with E-state index in [1.54, 1.807) is 11.0 Å². The third kappa shape index (κ3) is 4.47. The second-order valence-electron chi connectivity index (χ2n) is 8.13. The van der Waals surface area contributed by atoms with E-state index in [9.17, 15) is 9.59 Å². The first kappa shape index (κ1) is 20.4. The molecule has 8 heteroatoms. The first-order chi connectivity index (χ1) is 14.6. The van der Waals surface area contributed by atoms with Gasteiger partial charge in [-0.25, -0.2) is 4.98 Å². The van der Waals surface area contributed by atoms with E-state index >= 15 is 0 Å². The molecule has 2 aliphatic heterocycles. The second-order valence-corrected chi connectivity index (χ2v) is 8.13. The maximum absolute atomic E-state index is 12.7. The molecule has 2 aromatic rings. The highest BCUT2D eigenvalue weighted by Crippen LogP contribution is 2.44. The molecule has 8 nitrogen and oxygen atoms in total. The van der Waals surface area contributed by atoms with Crippen molar-refractivity contribution in [3.8, 4) is 5.75 Å². The summed E-state index contributed by atoms with van der Waals surface area (Å²) in [4.78, 5) is 30.9. The minimum atomic E-state index is -0.424. The number of likely N-dealkylation sites (tertiary alicyclic amines) is 1. The van der Waals surface area contributed by atoms with Gasteiger partial charge in [0, 0.05) is 50.9 Å². The Morgan fingerprint density at radius 2 is 2.20 bits per heavy atom. The van der Waals surface area contributed by atoms with E-state index in [0.717, 1.165) is 24.3 Å². The number of nitrogens with one attached hydrogen (secondary N) is 1. The number of fused-ring (bicyclic) bond motifs is 1. The molecule has 1 aromatic carbocycles. The minimum absolute atomic E-state index is 0.0202. The number of amides is 2. The molecule has 2 aliphatic rings. The van der Waals surface area contributed by atoms with Crippen LogP contribution in [0.4, 0.5) is 0 Å². The Morgan fingerprint density at radius 3 is 3.00 bits per heavy atom. The number of carbonyl (C=O) groups excluding carboxylic acids is 2. The van der Waals surface area contributed by atoms with E-state index < -0.39 is 5.60 Å². The van der Waals surface area contributed by atoms with Crippen molar-refractivity contribution in [3.05, 3.63) is 42.5 Å². The van der Waals surface area contributed by atoms with Crippen molar-refractivity contribution >= 4 is 11.8 Å². The van der Waals surface area contributed by atoms with Gasteiger partial charge in [0.1, 0.15) is 24.0 Å².